The lowest BCUT2D eigenvalue weighted by molar-refractivity contribution is -0.158. The largest absolute Gasteiger partial charge is 0.464 e. The zero-order chi connectivity index (χ0) is 12.9. The number of carbonyl (C=O) groups is 2. The van der Waals surface area contributed by atoms with Crippen LogP contribution >= 0.6 is 0 Å². The smallest absolute Gasteiger partial charge is 0.410 e. The number of amides is 1. The second-order valence-corrected chi connectivity index (χ2v) is 4.47. The van der Waals surface area contributed by atoms with E-state index in [2.05, 4.69) is 5.32 Å². The molecule has 6 nitrogen and oxygen atoms in total. The molecule has 1 N–H and O–H groups in total. The summed E-state index contributed by atoms with van der Waals surface area (Å²) >= 11 is 0. The average molecular weight is 245 g/mol. The van der Waals surface area contributed by atoms with Crippen LogP contribution in [0.15, 0.2) is 0 Å². The van der Waals surface area contributed by atoms with Crippen molar-refractivity contribution in [2.45, 2.75) is 32.5 Å². The van der Waals surface area contributed by atoms with Crippen molar-refractivity contribution in [1.82, 2.24) is 5.32 Å². The highest BCUT2D eigenvalue weighted by Gasteiger charge is 2.24. The van der Waals surface area contributed by atoms with Gasteiger partial charge in [0.1, 0.15) is 6.54 Å². The van der Waals surface area contributed by atoms with Crippen LogP contribution in [0.2, 0.25) is 0 Å². The molecule has 0 aromatic heterocycles. The fraction of sp³-hybridized carbons (Fsp3) is 0.818. The molecule has 1 fully saturated rings. The fourth-order valence-corrected chi connectivity index (χ4v) is 0.992. The Hall–Kier alpha value is -1.30. The van der Waals surface area contributed by atoms with Crippen molar-refractivity contribution >= 4 is 12.1 Å². The Balaban J connectivity index is 2.11. The highest BCUT2D eigenvalue weighted by Crippen LogP contribution is 2.28. The molecule has 0 aromatic carbocycles. The molecule has 0 aliphatic heterocycles. The molecular formula is C11H19NO5. The first-order valence-corrected chi connectivity index (χ1v) is 5.60. The quantitative estimate of drug-likeness (QED) is 0.559. The Morgan fingerprint density at radius 3 is 2.53 bits per heavy atom. The topological polar surface area (TPSA) is 73.9 Å². The third-order valence-corrected chi connectivity index (χ3v) is 2.38. The predicted octanol–water partition coefficient (Wildman–Crippen LogP) is 1.05. The molecule has 0 bridgehead atoms. The Kier molecular flexibility index (Phi) is 4.74. The molecule has 0 atom stereocenters. The van der Waals surface area contributed by atoms with Gasteiger partial charge in [0.05, 0.1) is 6.61 Å². The van der Waals surface area contributed by atoms with E-state index < -0.39 is 17.8 Å². The van der Waals surface area contributed by atoms with Gasteiger partial charge >= 0.3 is 12.1 Å². The Bertz CT molecular complexity index is 286. The minimum absolute atomic E-state index is 0.189. The van der Waals surface area contributed by atoms with E-state index in [1.807, 2.05) is 0 Å². The number of nitrogens with one attached hydrogen (secondary N) is 1. The zero-order valence-corrected chi connectivity index (χ0v) is 10.4. The van der Waals surface area contributed by atoms with Crippen LogP contribution in [-0.2, 0) is 19.0 Å². The van der Waals surface area contributed by atoms with Gasteiger partial charge in [-0.2, -0.15) is 0 Å². The maximum atomic E-state index is 11.3. The molecule has 98 valence electrons. The van der Waals surface area contributed by atoms with Crippen LogP contribution in [-0.4, -0.2) is 38.1 Å². The van der Waals surface area contributed by atoms with E-state index in [0.29, 0.717) is 12.5 Å². The molecule has 1 amide bonds. The molecule has 1 aliphatic carbocycles. The predicted molar refractivity (Wildman–Crippen MR) is 59.3 cm³/mol. The summed E-state index contributed by atoms with van der Waals surface area (Å²) in [6.07, 6.45) is 1.52. The van der Waals surface area contributed by atoms with Crippen LogP contribution in [0.1, 0.15) is 26.7 Å². The minimum Gasteiger partial charge on any atom is -0.464 e. The van der Waals surface area contributed by atoms with E-state index >= 15 is 0 Å². The van der Waals surface area contributed by atoms with Crippen LogP contribution in [0.3, 0.4) is 0 Å². The lowest BCUT2D eigenvalue weighted by Crippen LogP contribution is -2.38. The molecule has 0 spiro atoms. The second kappa shape index (κ2) is 5.86. The third kappa shape index (κ3) is 6.11. The van der Waals surface area contributed by atoms with Crippen molar-refractivity contribution in [2.24, 2.45) is 5.92 Å². The number of methoxy groups -OCH3 is 1. The van der Waals surface area contributed by atoms with Crippen LogP contribution < -0.4 is 5.32 Å². The third-order valence-electron chi connectivity index (χ3n) is 2.38. The van der Waals surface area contributed by atoms with Crippen molar-refractivity contribution in [3.8, 4) is 0 Å². The van der Waals surface area contributed by atoms with Gasteiger partial charge in [0.2, 0.25) is 5.79 Å². The van der Waals surface area contributed by atoms with Crippen LogP contribution in [0, 0.1) is 5.92 Å². The molecule has 0 unspecified atom stereocenters. The molecule has 0 heterocycles. The molecule has 17 heavy (non-hydrogen) atoms. The summed E-state index contributed by atoms with van der Waals surface area (Å²) in [6, 6.07) is 0. The lowest BCUT2D eigenvalue weighted by atomic mass is 10.4. The summed E-state index contributed by atoms with van der Waals surface area (Å²) in [7, 11) is 1.43. The van der Waals surface area contributed by atoms with Crippen LogP contribution in [0.25, 0.3) is 0 Å². The number of hydrogen-bond acceptors (Lipinski definition) is 5. The van der Waals surface area contributed by atoms with Gasteiger partial charge in [-0.1, -0.05) is 0 Å². The monoisotopic (exact) mass is 245 g/mol. The standard InChI is InChI=1S/C11H19NO5/c1-11(2,15-3)17-10(14)12-6-9(13)16-7-8-4-5-8/h8H,4-7H2,1-3H3,(H,12,14). The molecule has 1 aliphatic rings. The van der Waals surface area contributed by atoms with Gasteiger partial charge in [0, 0.05) is 21.0 Å². The van der Waals surface area contributed by atoms with Crippen molar-refractivity contribution in [2.75, 3.05) is 20.3 Å². The van der Waals surface area contributed by atoms with Crippen molar-refractivity contribution in [1.29, 1.82) is 0 Å². The van der Waals surface area contributed by atoms with Gasteiger partial charge in [-0.15, -0.1) is 0 Å². The van der Waals surface area contributed by atoms with Crippen molar-refractivity contribution in [3.63, 3.8) is 0 Å². The Morgan fingerprint density at radius 2 is 2.00 bits per heavy atom. The van der Waals surface area contributed by atoms with E-state index in [-0.39, 0.29) is 6.54 Å². The summed E-state index contributed by atoms with van der Waals surface area (Å²) in [5.74, 6) is -0.954. The maximum Gasteiger partial charge on any atom is 0.410 e. The minimum atomic E-state index is -1.01. The summed E-state index contributed by atoms with van der Waals surface area (Å²) in [4.78, 5) is 22.4. The number of esters is 1. The van der Waals surface area contributed by atoms with E-state index in [0.717, 1.165) is 12.8 Å². The van der Waals surface area contributed by atoms with Crippen molar-refractivity contribution in [3.05, 3.63) is 0 Å². The first-order valence-electron chi connectivity index (χ1n) is 5.60. The first-order chi connectivity index (χ1) is 7.93. The highest BCUT2D eigenvalue weighted by molar-refractivity contribution is 5.77. The van der Waals surface area contributed by atoms with Crippen LogP contribution in [0.4, 0.5) is 4.79 Å². The highest BCUT2D eigenvalue weighted by atomic mass is 16.7. The Labute approximate surface area is 101 Å². The summed E-state index contributed by atoms with van der Waals surface area (Å²) in [6.45, 7) is 3.44. The van der Waals surface area contributed by atoms with E-state index in [4.69, 9.17) is 14.2 Å². The van der Waals surface area contributed by atoms with Gasteiger partial charge in [0.15, 0.2) is 0 Å². The molecule has 1 rings (SSSR count). The van der Waals surface area contributed by atoms with E-state index in [1.54, 1.807) is 13.8 Å². The molecule has 6 heteroatoms. The summed E-state index contributed by atoms with van der Waals surface area (Å²) in [5, 5.41) is 2.30. The van der Waals surface area contributed by atoms with Gasteiger partial charge in [0.25, 0.3) is 0 Å². The van der Waals surface area contributed by atoms with Crippen molar-refractivity contribution < 1.29 is 23.8 Å². The molecule has 0 radical (unpaired) electrons. The van der Waals surface area contributed by atoms with Crippen LogP contribution in [0.5, 0.6) is 0 Å². The average Bonchev–Trinajstić information content (AvgIpc) is 3.07. The van der Waals surface area contributed by atoms with E-state index in [1.165, 1.54) is 7.11 Å². The van der Waals surface area contributed by atoms with Gasteiger partial charge in [-0.3, -0.25) is 4.79 Å². The normalized spacial score (nSPS) is 15.2. The SMILES string of the molecule is COC(C)(C)OC(=O)NCC(=O)OCC1CC1. The lowest BCUT2D eigenvalue weighted by Gasteiger charge is -2.22. The van der Waals surface area contributed by atoms with E-state index in [9.17, 15) is 9.59 Å². The number of alkyl carbamates (subject to hydrolysis) is 1. The molecule has 0 aromatic rings. The number of hydrogen-bond donors (Lipinski definition) is 1. The molecule has 0 saturated heterocycles. The summed E-state index contributed by atoms with van der Waals surface area (Å²) in [5.41, 5.74) is 0. The maximum absolute atomic E-state index is 11.3. The number of rotatable bonds is 6. The fourth-order valence-electron chi connectivity index (χ4n) is 0.992. The molecular weight excluding hydrogens is 226 g/mol. The van der Waals surface area contributed by atoms with Gasteiger partial charge in [-0.05, 0) is 18.8 Å². The Morgan fingerprint density at radius 1 is 1.35 bits per heavy atom. The first kappa shape index (κ1) is 13.8. The number of ether oxygens (including phenoxy) is 3. The second-order valence-electron chi connectivity index (χ2n) is 4.47. The zero-order valence-electron chi connectivity index (χ0n) is 10.4. The molecule has 1 saturated carbocycles. The van der Waals surface area contributed by atoms with Gasteiger partial charge in [-0.25, -0.2) is 4.79 Å². The summed E-state index contributed by atoms with van der Waals surface area (Å²) < 4.78 is 14.7. The van der Waals surface area contributed by atoms with Gasteiger partial charge < -0.3 is 19.5 Å². The number of carbonyl (C=O) groups excluding carboxylic acids is 2.